The van der Waals surface area contributed by atoms with Gasteiger partial charge in [-0.2, -0.15) is 0 Å². The quantitative estimate of drug-likeness (QED) is 0.350. The average molecular weight is 436 g/mol. The lowest BCUT2D eigenvalue weighted by Gasteiger charge is -2.09. The number of carbonyl (C=O) groups is 4. The SMILES string of the molecule is CN1C(=O)c2ccc(NC(=O)COC(=O)COc3ccc4ccc(=O)oc4c3)cc2C1=O. The second-order valence-electron chi connectivity index (χ2n) is 6.88. The van der Waals surface area contributed by atoms with Crippen LogP contribution >= 0.6 is 0 Å². The summed E-state index contributed by atoms with van der Waals surface area (Å²) in [5, 5.41) is 3.19. The molecule has 0 aliphatic carbocycles. The van der Waals surface area contributed by atoms with Crippen molar-refractivity contribution < 1.29 is 33.1 Å². The molecule has 2 aromatic carbocycles. The minimum atomic E-state index is -0.786. The molecule has 3 aromatic rings. The highest BCUT2D eigenvalue weighted by Crippen LogP contribution is 2.24. The largest absolute Gasteiger partial charge is 0.482 e. The van der Waals surface area contributed by atoms with Gasteiger partial charge in [-0.25, -0.2) is 9.59 Å². The van der Waals surface area contributed by atoms with Crippen LogP contribution in [-0.4, -0.2) is 48.9 Å². The van der Waals surface area contributed by atoms with E-state index >= 15 is 0 Å². The average Bonchev–Trinajstić information content (AvgIpc) is 2.99. The number of ether oxygens (including phenoxy) is 2. The Hall–Kier alpha value is -4.47. The first kappa shape index (κ1) is 20.8. The van der Waals surface area contributed by atoms with Crippen molar-refractivity contribution in [1.29, 1.82) is 0 Å². The number of nitrogens with one attached hydrogen (secondary N) is 1. The summed E-state index contributed by atoms with van der Waals surface area (Å²) in [4.78, 5) is 60.1. The van der Waals surface area contributed by atoms with Crippen molar-refractivity contribution in [3.8, 4) is 5.75 Å². The summed E-state index contributed by atoms with van der Waals surface area (Å²) in [6, 6.07) is 11.9. The van der Waals surface area contributed by atoms with Crippen LogP contribution < -0.4 is 15.7 Å². The van der Waals surface area contributed by atoms with Gasteiger partial charge < -0.3 is 19.2 Å². The van der Waals surface area contributed by atoms with Crippen LogP contribution in [-0.2, 0) is 14.3 Å². The molecule has 0 fully saturated rings. The third-order valence-electron chi connectivity index (χ3n) is 4.69. The summed E-state index contributed by atoms with van der Waals surface area (Å²) in [7, 11) is 1.37. The van der Waals surface area contributed by atoms with Gasteiger partial charge in [-0.05, 0) is 36.4 Å². The Labute approximate surface area is 180 Å². The molecule has 162 valence electrons. The second-order valence-corrected chi connectivity index (χ2v) is 6.88. The lowest BCUT2D eigenvalue weighted by atomic mass is 10.1. The van der Waals surface area contributed by atoms with Crippen molar-refractivity contribution in [3.63, 3.8) is 0 Å². The molecule has 0 radical (unpaired) electrons. The van der Waals surface area contributed by atoms with Gasteiger partial charge in [0, 0.05) is 30.3 Å². The zero-order valence-electron chi connectivity index (χ0n) is 16.7. The Kier molecular flexibility index (Phi) is 5.42. The van der Waals surface area contributed by atoms with E-state index in [1.54, 1.807) is 18.2 Å². The number of imide groups is 1. The van der Waals surface area contributed by atoms with Crippen molar-refractivity contribution >= 4 is 40.3 Å². The molecule has 10 heteroatoms. The molecular formula is C22H16N2O8. The van der Waals surface area contributed by atoms with Crippen LogP contribution in [0.4, 0.5) is 5.69 Å². The van der Waals surface area contributed by atoms with Crippen molar-refractivity contribution in [2.45, 2.75) is 0 Å². The predicted octanol–water partition coefficient (Wildman–Crippen LogP) is 1.58. The van der Waals surface area contributed by atoms with E-state index in [2.05, 4.69) is 5.32 Å². The molecule has 1 N–H and O–H groups in total. The summed E-state index contributed by atoms with van der Waals surface area (Å²) >= 11 is 0. The van der Waals surface area contributed by atoms with E-state index in [0.29, 0.717) is 11.0 Å². The van der Waals surface area contributed by atoms with Gasteiger partial charge in [-0.1, -0.05) is 0 Å². The van der Waals surface area contributed by atoms with Gasteiger partial charge in [0.05, 0.1) is 11.1 Å². The zero-order chi connectivity index (χ0) is 22.8. The van der Waals surface area contributed by atoms with Gasteiger partial charge in [0.2, 0.25) is 0 Å². The van der Waals surface area contributed by atoms with E-state index in [1.807, 2.05) is 0 Å². The number of benzene rings is 2. The molecule has 0 unspecified atom stereocenters. The first-order chi connectivity index (χ1) is 15.3. The molecule has 0 bridgehead atoms. The summed E-state index contributed by atoms with van der Waals surface area (Å²) in [6.45, 7) is -1.03. The Morgan fingerprint density at radius 2 is 1.69 bits per heavy atom. The summed E-state index contributed by atoms with van der Waals surface area (Å²) in [6.07, 6.45) is 0. The minimum Gasteiger partial charge on any atom is -0.482 e. The fourth-order valence-corrected chi connectivity index (χ4v) is 3.10. The molecular weight excluding hydrogens is 420 g/mol. The van der Waals surface area contributed by atoms with E-state index < -0.39 is 42.5 Å². The van der Waals surface area contributed by atoms with E-state index in [0.717, 1.165) is 4.90 Å². The molecule has 1 aliphatic rings. The van der Waals surface area contributed by atoms with Crippen LogP contribution in [0, 0.1) is 0 Å². The number of rotatable bonds is 6. The highest BCUT2D eigenvalue weighted by molar-refractivity contribution is 6.21. The third-order valence-corrected chi connectivity index (χ3v) is 4.69. The van der Waals surface area contributed by atoms with Gasteiger partial charge >= 0.3 is 11.6 Å². The Bertz CT molecular complexity index is 1330. The number of fused-ring (bicyclic) bond motifs is 2. The van der Waals surface area contributed by atoms with Crippen molar-refractivity contribution in [2.75, 3.05) is 25.6 Å². The number of nitrogens with zero attached hydrogens (tertiary/aromatic N) is 1. The molecule has 2 heterocycles. The highest BCUT2D eigenvalue weighted by atomic mass is 16.6. The summed E-state index contributed by atoms with van der Waals surface area (Å²) < 4.78 is 15.2. The lowest BCUT2D eigenvalue weighted by Crippen LogP contribution is -2.24. The minimum absolute atomic E-state index is 0.187. The lowest BCUT2D eigenvalue weighted by molar-refractivity contribution is -0.149. The van der Waals surface area contributed by atoms with Crippen LogP contribution in [0.1, 0.15) is 20.7 Å². The Balaban J connectivity index is 1.28. The fourth-order valence-electron chi connectivity index (χ4n) is 3.10. The summed E-state index contributed by atoms with van der Waals surface area (Å²) in [5.74, 6) is -2.00. The molecule has 1 aromatic heterocycles. The molecule has 0 atom stereocenters. The predicted molar refractivity (Wildman–Crippen MR) is 110 cm³/mol. The molecule has 10 nitrogen and oxygen atoms in total. The van der Waals surface area contributed by atoms with Crippen LogP contribution in [0.25, 0.3) is 11.0 Å². The molecule has 0 spiro atoms. The fraction of sp³-hybridized carbons (Fsp3) is 0.136. The molecule has 32 heavy (non-hydrogen) atoms. The third kappa shape index (κ3) is 4.19. The monoisotopic (exact) mass is 436 g/mol. The van der Waals surface area contributed by atoms with Gasteiger partial charge in [0.1, 0.15) is 11.3 Å². The molecule has 1 aliphatic heterocycles. The topological polar surface area (TPSA) is 132 Å². The van der Waals surface area contributed by atoms with Crippen LogP contribution in [0.2, 0.25) is 0 Å². The summed E-state index contributed by atoms with van der Waals surface area (Å²) in [5.41, 5.74) is 0.531. The number of hydrogen-bond acceptors (Lipinski definition) is 8. The van der Waals surface area contributed by atoms with Crippen LogP contribution in [0.5, 0.6) is 5.75 Å². The molecule has 0 saturated heterocycles. The normalized spacial score (nSPS) is 12.6. The van der Waals surface area contributed by atoms with Crippen LogP contribution in [0.15, 0.2) is 57.7 Å². The van der Waals surface area contributed by atoms with Crippen molar-refractivity contribution in [2.24, 2.45) is 0 Å². The maximum atomic E-state index is 12.0. The van der Waals surface area contributed by atoms with E-state index in [-0.39, 0.29) is 22.6 Å². The smallest absolute Gasteiger partial charge is 0.344 e. The second kappa shape index (κ2) is 8.34. The molecule has 3 amide bonds. The van der Waals surface area contributed by atoms with E-state index in [9.17, 15) is 24.0 Å². The van der Waals surface area contributed by atoms with E-state index in [1.165, 1.54) is 37.4 Å². The number of hydrogen-bond donors (Lipinski definition) is 1. The standard InChI is InChI=1S/C22H16N2O8/c1-24-21(28)15-6-4-13(8-16(15)22(24)29)23-18(25)10-31-20(27)11-30-14-5-2-12-3-7-19(26)32-17(12)9-14/h2-9H,10-11H2,1H3,(H,23,25). The first-order valence-electron chi connectivity index (χ1n) is 9.40. The van der Waals surface area contributed by atoms with Crippen molar-refractivity contribution in [1.82, 2.24) is 4.90 Å². The van der Waals surface area contributed by atoms with Crippen LogP contribution in [0.3, 0.4) is 0 Å². The van der Waals surface area contributed by atoms with E-state index in [4.69, 9.17) is 13.9 Å². The number of anilines is 1. The van der Waals surface area contributed by atoms with Gasteiger partial charge in [-0.15, -0.1) is 0 Å². The molecule has 0 saturated carbocycles. The zero-order valence-corrected chi connectivity index (χ0v) is 16.7. The number of esters is 1. The Morgan fingerprint density at radius 3 is 2.50 bits per heavy atom. The Morgan fingerprint density at radius 1 is 0.938 bits per heavy atom. The highest BCUT2D eigenvalue weighted by Gasteiger charge is 2.32. The maximum absolute atomic E-state index is 12.0. The number of amides is 3. The maximum Gasteiger partial charge on any atom is 0.344 e. The molecule has 4 rings (SSSR count). The first-order valence-corrected chi connectivity index (χ1v) is 9.40. The number of carbonyl (C=O) groups excluding carboxylic acids is 4. The van der Waals surface area contributed by atoms with Gasteiger partial charge in [0.15, 0.2) is 13.2 Å². The van der Waals surface area contributed by atoms with Crippen molar-refractivity contribution in [3.05, 3.63) is 70.1 Å². The van der Waals surface area contributed by atoms with Gasteiger partial charge in [-0.3, -0.25) is 19.3 Å². The van der Waals surface area contributed by atoms with Gasteiger partial charge in [0.25, 0.3) is 17.7 Å².